The Hall–Kier alpha value is -2.31. The van der Waals surface area contributed by atoms with Crippen molar-refractivity contribution in [3.63, 3.8) is 0 Å². The quantitative estimate of drug-likeness (QED) is 0.734. The molecule has 4 rings (SSSR count). The van der Waals surface area contributed by atoms with E-state index in [1.165, 1.54) is 11.3 Å². The van der Waals surface area contributed by atoms with Crippen LogP contribution in [0.25, 0.3) is 11.4 Å². The summed E-state index contributed by atoms with van der Waals surface area (Å²) in [5.74, 6) is 1.54. The van der Waals surface area contributed by atoms with Gasteiger partial charge in [-0.25, -0.2) is 4.98 Å². The third-order valence-electron chi connectivity index (χ3n) is 4.94. The molecule has 6 heteroatoms. The largest absolute Gasteiger partial charge is 0.504 e. The number of imidazole rings is 1. The number of likely N-dealkylation sites (tertiary alicyclic amines) is 1. The first kappa shape index (κ1) is 17.1. The Kier molecular flexibility index (Phi) is 4.95. The molecule has 3 heterocycles. The number of rotatable bonds is 5. The third-order valence-corrected chi connectivity index (χ3v) is 5.80. The second kappa shape index (κ2) is 7.51. The number of piperidine rings is 1. The minimum Gasteiger partial charge on any atom is -0.504 e. The molecule has 0 spiro atoms. The molecule has 0 saturated carbocycles. The summed E-state index contributed by atoms with van der Waals surface area (Å²) in [6.45, 7) is 3.19. The van der Waals surface area contributed by atoms with E-state index in [9.17, 15) is 5.11 Å². The standard InChI is InChI=1S/C20H23N3O2S/c1-25-19-12-15(6-7-18(19)24)20-21-8-10-23(20)16-4-2-9-22(13-16)14-17-5-3-11-26-17/h3,5-8,10-12,16,24H,2,4,9,13-14H2,1H3/t16-/m0/s1. The SMILES string of the molecule is COc1cc(-c2nccn2[C@H]2CCCN(Cc3cccs3)C2)ccc1O. The molecule has 136 valence electrons. The van der Waals surface area contributed by atoms with Gasteiger partial charge < -0.3 is 14.4 Å². The van der Waals surface area contributed by atoms with Crippen LogP contribution in [-0.4, -0.2) is 39.8 Å². The van der Waals surface area contributed by atoms with E-state index in [-0.39, 0.29) is 5.75 Å². The van der Waals surface area contributed by atoms with Gasteiger partial charge in [0, 0.05) is 42.0 Å². The van der Waals surface area contributed by atoms with Crippen LogP contribution >= 0.6 is 11.3 Å². The van der Waals surface area contributed by atoms with Gasteiger partial charge in [-0.1, -0.05) is 6.07 Å². The number of aromatic hydroxyl groups is 1. The molecule has 0 unspecified atom stereocenters. The lowest BCUT2D eigenvalue weighted by Gasteiger charge is -2.33. The van der Waals surface area contributed by atoms with Crippen LogP contribution in [0.2, 0.25) is 0 Å². The van der Waals surface area contributed by atoms with Crippen molar-refractivity contribution in [1.29, 1.82) is 0 Å². The van der Waals surface area contributed by atoms with E-state index >= 15 is 0 Å². The molecule has 1 fully saturated rings. The van der Waals surface area contributed by atoms with Gasteiger partial charge in [-0.15, -0.1) is 11.3 Å². The zero-order chi connectivity index (χ0) is 17.9. The zero-order valence-corrected chi connectivity index (χ0v) is 15.7. The molecule has 3 aromatic rings. The summed E-state index contributed by atoms with van der Waals surface area (Å²) in [4.78, 5) is 8.52. The minimum absolute atomic E-state index is 0.147. The number of methoxy groups -OCH3 is 1. The number of ether oxygens (including phenoxy) is 1. The first-order chi connectivity index (χ1) is 12.7. The Morgan fingerprint density at radius 3 is 3.08 bits per heavy atom. The maximum atomic E-state index is 9.85. The summed E-state index contributed by atoms with van der Waals surface area (Å²) in [7, 11) is 1.56. The molecule has 1 aliphatic rings. The number of nitrogens with zero attached hydrogens (tertiary/aromatic N) is 3. The van der Waals surface area contributed by atoms with Gasteiger partial charge in [0.05, 0.1) is 7.11 Å². The van der Waals surface area contributed by atoms with E-state index in [2.05, 4.69) is 38.2 Å². The van der Waals surface area contributed by atoms with Gasteiger partial charge in [-0.3, -0.25) is 4.90 Å². The number of benzene rings is 1. The number of aromatic nitrogens is 2. The highest BCUT2D eigenvalue weighted by Gasteiger charge is 2.24. The maximum Gasteiger partial charge on any atom is 0.161 e. The van der Waals surface area contributed by atoms with Crippen LogP contribution in [0, 0.1) is 0 Å². The van der Waals surface area contributed by atoms with Crippen molar-refractivity contribution in [2.24, 2.45) is 0 Å². The Bertz CT molecular complexity index is 860. The molecule has 1 saturated heterocycles. The van der Waals surface area contributed by atoms with E-state index in [1.54, 1.807) is 13.2 Å². The highest BCUT2D eigenvalue weighted by molar-refractivity contribution is 7.09. The fourth-order valence-corrected chi connectivity index (χ4v) is 4.42. The summed E-state index contributed by atoms with van der Waals surface area (Å²) in [5.41, 5.74) is 0.958. The molecule has 26 heavy (non-hydrogen) atoms. The lowest BCUT2D eigenvalue weighted by atomic mass is 10.0. The maximum absolute atomic E-state index is 9.85. The van der Waals surface area contributed by atoms with Crippen LogP contribution < -0.4 is 4.74 Å². The van der Waals surface area contributed by atoms with E-state index in [4.69, 9.17) is 4.74 Å². The zero-order valence-electron chi connectivity index (χ0n) is 14.8. The minimum atomic E-state index is 0.147. The lowest BCUT2D eigenvalue weighted by Crippen LogP contribution is -2.36. The van der Waals surface area contributed by atoms with Gasteiger partial charge in [0.25, 0.3) is 0 Å². The summed E-state index contributed by atoms with van der Waals surface area (Å²) < 4.78 is 7.52. The van der Waals surface area contributed by atoms with Crippen LogP contribution in [-0.2, 0) is 6.54 Å². The van der Waals surface area contributed by atoms with Gasteiger partial charge >= 0.3 is 0 Å². The Labute approximate surface area is 157 Å². The average molecular weight is 369 g/mol. The Morgan fingerprint density at radius 2 is 2.27 bits per heavy atom. The molecular weight excluding hydrogens is 346 g/mol. The van der Waals surface area contributed by atoms with Crippen molar-refractivity contribution in [1.82, 2.24) is 14.5 Å². The molecule has 0 bridgehead atoms. The van der Waals surface area contributed by atoms with Crippen LogP contribution in [0.3, 0.4) is 0 Å². The molecule has 0 amide bonds. The summed E-state index contributed by atoms with van der Waals surface area (Å²) >= 11 is 1.82. The van der Waals surface area contributed by atoms with Crippen molar-refractivity contribution in [2.75, 3.05) is 20.2 Å². The van der Waals surface area contributed by atoms with Crippen LogP contribution in [0.4, 0.5) is 0 Å². The van der Waals surface area contributed by atoms with Gasteiger partial charge in [0.1, 0.15) is 5.82 Å². The average Bonchev–Trinajstić information content (AvgIpc) is 3.34. The van der Waals surface area contributed by atoms with Crippen LogP contribution in [0.1, 0.15) is 23.8 Å². The predicted molar refractivity (Wildman–Crippen MR) is 104 cm³/mol. The van der Waals surface area contributed by atoms with Crippen molar-refractivity contribution >= 4 is 11.3 Å². The first-order valence-corrected chi connectivity index (χ1v) is 9.77. The van der Waals surface area contributed by atoms with E-state index in [0.717, 1.165) is 37.4 Å². The Balaban J connectivity index is 1.56. The van der Waals surface area contributed by atoms with Crippen LogP contribution in [0.5, 0.6) is 11.5 Å². The lowest BCUT2D eigenvalue weighted by molar-refractivity contribution is 0.172. The Morgan fingerprint density at radius 1 is 1.35 bits per heavy atom. The van der Waals surface area contributed by atoms with Crippen LogP contribution in [0.15, 0.2) is 48.1 Å². The molecule has 1 atom stereocenters. The summed E-state index contributed by atoms with van der Waals surface area (Å²) in [6.07, 6.45) is 6.26. The second-order valence-electron chi connectivity index (χ2n) is 6.66. The normalized spacial score (nSPS) is 18.1. The fraction of sp³-hybridized carbons (Fsp3) is 0.350. The van der Waals surface area contributed by atoms with Crippen molar-refractivity contribution in [2.45, 2.75) is 25.4 Å². The predicted octanol–water partition coefficient (Wildman–Crippen LogP) is 4.16. The number of hydrogen-bond acceptors (Lipinski definition) is 5. The number of phenolic OH excluding ortho intramolecular Hbond substituents is 1. The molecule has 1 aliphatic heterocycles. The van der Waals surface area contributed by atoms with Gasteiger partial charge in [0.15, 0.2) is 11.5 Å². The van der Waals surface area contributed by atoms with Crippen molar-refractivity contribution in [3.8, 4) is 22.9 Å². The highest BCUT2D eigenvalue weighted by atomic mass is 32.1. The first-order valence-electron chi connectivity index (χ1n) is 8.89. The van der Waals surface area contributed by atoms with Gasteiger partial charge in [0.2, 0.25) is 0 Å². The summed E-state index contributed by atoms with van der Waals surface area (Å²) in [6, 6.07) is 10.1. The van der Waals surface area contributed by atoms with Gasteiger partial charge in [-0.05, 0) is 49.0 Å². The van der Waals surface area contributed by atoms with Crippen molar-refractivity contribution in [3.05, 3.63) is 53.0 Å². The molecule has 1 aromatic carbocycles. The molecule has 1 N–H and O–H groups in total. The monoisotopic (exact) mass is 369 g/mol. The van der Waals surface area contributed by atoms with Gasteiger partial charge in [-0.2, -0.15) is 0 Å². The van der Waals surface area contributed by atoms with Crippen molar-refractivity contribution < 1.29 is 9.84 Å². The smallest absolute Gasteiger partial charge is 0.161 e. The summed E-state index contributed by atoms with van der Waals surface area (Å²) in [5, 5.41) is 12.0. The highest BCUT2D eigenvalue weighted by Crippen LogP contribution is 2.33. The molecule has 0 aliphatic carbocycles. The number of phenols is 1. The van der Waals surface area contributed by atoms with E-state index in [1.807, 2.05) is 29.7 Å². The second-order valence-corrected chi connectivity index (χ2v) is 7.69. The molecule has 5 nitrogen and oxygen atoms in total. The topological polar surface area (TPSA) is 50.5 Å². The fourth-order valence-electron chi connectivity index (χ4n) is 3.67. The van der Waals surface area contributed by atoms with E-state index in [0.29, 0.717) is 11.8 Å². The molecule has 2 aromatic heterocycles. The molecule has 0 radical (unpaired) electrons. The van der Waals surface area contributed by atoms with E-state index < -0.39 is 0 Å². The number of thiophene rings is 1. The third kappa shape index (κ3) is 3.48. The number of hydrogen-bond donors (Lipinski definition) is 1. The molecular formula is C20H23N3O2S.